The zero-order valence-electron chi connectivity index (χ0n) is 17.5. The minimum absolute atomic E-state index is 0.179. The van der Waals surface area contributed by atoms with Gasteiger partial charge in [-0.25, -0.2) is 0 Å². The molecule has 0 aliphatic heterocycles. The number of carbonyl (C=O) groups excluding carboxylic acids is 3. The normalized spacial score (nSPS) is 15.8. The van der Waals surface area contributed by atoms with Crippen molar-refractivity contribution in [1.82, 2.24) is 5.32 Å². The van der Waals surface area contributed by atoms with E-state index in [1.165, 1.54) is 6.42 Å². The van der Waals surface area contributed by atoms with Crippen LogP contribution in [-0.2, 0) is 23.9 Å². The molecular weight excluding hydrogens is 378 g/mol. The molecule has 28 heavy (non-hydrogen) atoms. The predicted octanol–water partition coefficient (Wildman–Crippen LogP) is 3.51. The first kappa shape index (κ1) is 25.0. The summed E-state index contributed by atoms with van der Waals surface area (Å²) in [4.78, 5) is 35.8. The van der Waals surface area contributed by atoms with E-state index in [2.05, 4.69) is 5.32 Å². The number of Topliss-reactive ketones (excluding diaryl/α,β-unsaturated/α-hetero) is 1. The average Bonchev–Trinajstić information content (AvgIpc) is 2.70. The van der Waals surface area contributed by atoms with Crippen LogP contribution >= 0.6 is 11.8 Å². The molecule has 0 spiro atoms. The molecule has 1 atom stereocenters. The molecule has 1 unspecified atom stereocenters. The molecule has 0 saturated heterocycles. The van der Waals surface area contributed by atoms with Crippen molar-refractivity contribution < 1.29 is 23.9 Å². The summed E-state index contributed by atoms with van der Waals surface area (Å²) in [5.74, 6) is 1.34. The van der Waals surface area contributed by atoms with E-state index in [4.69, 9.17) is 9.47 Å². The molecule has 0 aromatic heterocycles. The van der Waals surface area contributed by atoms with Gasteiger partial charge in [-0.3, -0.25) is 14.4 Å². The monoisotopic (exact) mass is 415 g/mol. The second kappa shape index (κ2) is 15.8. The predicted molar refractivity (Wildman–Crippen MR) is 112 cm³/mol. The summed E-state index contributed by atoms with van der Waals surface area (Å²) in [7, 11) is 0. The van der Waals surface area contributed by atoms with Crippen LogP contribution < -0.4 is 5.32 Å². The summed E-state index contributed by atoms with van der Waals surface area (Å²) < 4.78 is 10.1. The van der Waals surface area contributed by atoms with Crippen molar-refractivity contribution in [2.24, 2.45) is 5.92 Å². The lowest BCUT2D eigenvalue weighted by Gasteiger charge is -2.21. The number of esters is 2. The van der Waals surface area contributed by atoms with Gasteiger partial charge in [0.1, 0.15) is 11.8 Å². The highest BCUT2D eigenvalue weighted by Gasteiger charge is 2.22. The van der Waals surface area contributed by atoms with E-state index in [0.717, 1.165) is 44.3 Å². The molecule has 0 radical (unpaired) electrons. The molecule has 6 nitrogen and oxygen atoms in total. The van der Waals surface area contributed by atoms with Crippen molar-refractivity contribution in [3.8, 4) is 0 Å². The maximum Gasteiger partial charge on any atom is 0.323 e. The largest absolute Gasteiger partial charge is 0.465 e. The molecule has 0 heterocycles. The Kier molecular flexibility index (Phi) is 14.1. The highest BCUT2D eigenvalue weighted by molar-refractivity contribution is 7.99. The SMILES string of the molecule is CCOC(=O)CSCCCCC(NCCC(=O)C1CCCCC1)C(=O)OCC. The number of ether oxygens (including phenoxy) is 2. The van der Waals surface area contributed by atoms with Crippen LogP contribution in [0.3, 0.4) is 0 Å². The Morgan fingerprint density at radius 3 is 2.43 bits per heavy atom. The van der Waals surface area contributed by atoms with Crippen LogP contribution in [0, 0.1) is 5.92 Å². The number of hydrogen-bond acceptors (Lipinski definition) is 7. The fraction of sp³-hybridized carbons (Fsp3) is 0.857. The molecule has 1 aliphatic rings. The summed E-state index contributed by atoms with van der Waals surface area (Å²) in [5.41, 5.74) is 0. The van der Waals surface area contributed by atoms with Crippen LogP contribution in [0.2, 0.25) is 0 Å². The Morgan fingerprint density at radius 1 is 1.04 bits per heavy atom. The first-order valence-electron chi connectivity index (χ1n) is 10.7. The van der Waals surface area contributed by atoms with Crippen molar-refractivity contribution in [3.05, 3.63) is 0 Å². The van der Waals surface area contributed by atoms with Gasteiger partial charge in [-0.15, -0.1) is 0 Å². The van der Waals surface area contributed by atoms with Gasteiger partial charge >= 0.3 is 11.9 Å². The summed E-state index contributed by atoms with van der Waals surface area (Å²) in [6.45, 7) is 4.89. The van der Waals surface area contributed by atoms with Gasteiger partial charge in [0.25, 0.3) is 0 Å². The van der Waals surface area contributed by atoms with Crippen LogP contribution in [0.15, 0.2) is 0 Å². The number of carbonyl (C=O) groups is 3. The van der Waals surface area contributed by atoms with E-state index >= 15 is 0 Å². The molecule has 1 N–H and O–H groups in total. The molecule has 0 aromatic carbocycles. The van der Waals surface area contributed by atoms with Gasteiger partial charge in [0.2, 0.25) is 0 Å². The van der Waals surface area contributed by atoms with Crippen molar-refractivity contribution in [1.29, 1.82) is 0 Å². The number of rotatable bonds is 15. The second-order valence-electron chi connectivity index (χ2n) is 7.16. The Balaban J connectivity index is 2.24. The van der Waals surface area contributed by atoms with Gasteiger partial charge in [-0.2, -0.15) is 11.8 Å². The van der Waals surface area contributed by atoms with Crippen molar-refractivity contribution in [3.63, 3.8) is 0 Å². The summed E-state index contributed by atoms with van der Waals surface area (Å²) in [6, 6.07) is -0.367. The van der Waals surface area contributed by atoms with Crippen molar-refractivity contribution >= 4 is 29.5 Å². The number of thioether (sulfide) groups is 1. The summed E-state index contributed by atoms with van der Waals surface area (Å²) in [5, 5.41) is 3.22. The highest BCUT2D eigenvalue weighted by atomic mass is 32.2. The van der Waals surface area contributed by atoms with Crippen LogP contribution in [0.1, 0.15) is 71.6 Å². The third-order valence-electron chi connectivity index (χ3n) is 4.95. The van der Waals surface area contributed by atoms with Crippen molar-refractivity contribution in [2.45, 2.75) is 77.7 Å². The molecule has 162 valence electrons. The van der Waals surface area contributed by atoms with Crippen LogP contribution in [0.5, 0.6) is 0 Å². The first-order chi connectivity index (χ1) is 13.6. The highest BCUT2D eigenvalue weighted by Crippen LogP contribution is 2.25. The van der Waals surface area contributed by atoms with Gasteiger partial charge in [0.15, 0.2) is 0 Å². The van der Waals surface area contributed by atoms with E-state index < -0.39 is 0 Å². The van der Waals surface area contributed by atoms with E-state index in [-0.39, 0.29) is 23.9 Å². The molecular formula is C21H37NO5S. The van der Waals surface area contributed by atoms with Crippen LogP contribution in [-0.4, -0.2) is 55.0 Å². The lowest BCUT2D eigenvalue weighted by molar-refractivity contribution is -0.146. The van der Waals surface area contributed by atoms with Gasteiger partial charge in [0, 0.05) is 18.9 Å². The number of ketones is 1. The smallest absolute Gasteiger partial charge is 0.323 e. The lowest BCUT2D eigenvalue weighted by atomic mass is 9.85. The standard InChI is InChI=1S/C21H37NO5S/c1-3-26-20(24)16-28-15-9-8-12-18(21(25)27-4-2)22-14-13-19(23)17-10-6-5-7-11-17/h17-18,22H,3-16H2,1-2H3. The molecule has 1 fully saturated rings. The molecule has 7 heteroatoms. The minimum atomic E-state index is -0.367. The van der Waals surface area contributed by atoms with E-state index in [1.807, 2.05) is 0 Å². The Bertz CT molecular complexity index is 466. The molecule has 1 aliphatic carbocycles. The fourth-order valence-corrected chi connectivity index (χ4v) is 4.26. The zero-order chi connectivity index (χ0) is 20.6. The van der Waals surface area contributed by atoms with Gasteiger partial charge in [-0.1, -0.05) is 25.7 Å². The van der Waals surface area contributed by atoms with E-state index in [0.29, 0.717) is 44.1 Å². The first-order valence-corrected chi connectivity index (χ1v) is 11.9. The molecule has 0 aromatic rings. The second-order valence-corrected chi connectivity index (χ2v) is 8.27. The number of unbranched alkanes of at least 4 members (excludes halogenated alkanes) is 1. The van der Waals surface area contributed by atoms with Gasteiger partial charge in [0.05, 0.1) is 19.0 Å². The molecule has 0 bridgehead atoms. The van der Waals surface area contributed by atoms with Crippen LogP contribution in [0.25, 0.3) is 0 Å². The van der Waals surface area contributed by atoms with Gasteiger partial charge in [-0.05, 0) is 45.3 Å². The average molecular weight is 416 g/mol. The van der Waals surface area contributed by atoms with Gasteiger partial charge < -0.3 is 14.8 Å². The summed E-state index contributed by atoms with van der Waals surface area (Å²) >= 11 is 1.55. The quantitative estimate of drug-likeness (QED) is 0.324. The minimum Gasteiger partial charge on any atom is -0.465 e. The molecule has 1 saturated carbocycles. The third-order valence-corrected chi connectivity index (χ3v) is 5.97. The Labute approximate surface area is 173 Å². The van der Waals surface area contributed by atoms with E-state index in [1.54, 1.807) is 25.6 Å². The summed E-state index contributed by atoms with van der Waals surface area (Å²) in [6.07, 6.45) is 8.53. The molecule has 0 amide bonds. The fourth-order valence-electron chi connectivity index (χ4n) is 3.46. The lowest BCUT2D eigenvalue weighted by Crippen LogP contribution is -2.39. The maximum atomic E-state index is 12.3. The third kappa shape index (κ3) is 11.1. The van der Waals surface area contributed by atoms with Crippen LogP contribution in [0.4, 0.5) is 0 Å². The van der Waals surface area contributed by atoms with E-state index in [9.17, 15) is 14.4 Å². The maximum absolute atomic E-state index is 12.3. The van der Waals surface area contributed by atoms with Crippen molar-refractivity contribution in [2.75, 3.05) is 31.3 Å². The number of hydrogen-bond donors (Lipinski definition) is 1. The topological polar surface area (TPSA) is 81.7 Å². The molecule has 1 rings (SSSR count). The number of nitrogens with one attached hydrogen (secondary N) is 1. The Morgan fingerprint density at radius 2 is 1.75 bits per heavy atom. The Hall–Kier alpha value is -1.08. The zero-order valence-corrected chi connectivity index (χ0v) is 18.3.